The van der Waals surface area contributed by atoms with Crippen LogP contribution in [0.1, 0.15) is 16.9 Å². The number of carboxylic acids is 1. The highest BCUT2D eigenvalue weighted by molar-refractivity contribution is 7.10. The molecule has 0 radical (unpaired) electrons. The van der Waals surface area contributed by atoms with Crippen LogP contribution in [0.2, 0.25) is 0 Å². The van der Waals surface area contributed by atoms with E-state index in [4.69, 9.17) is 10.8 Å². The molecule has 3 nitrogen and oxygen atoms in total. The first kappa shape index (κ1) is 9.22. The van der Waals surface area contributed by atoms with Crippen molar-refractivity contribution in [3.63, 3.8) is 0 Å². The summed E-state index contributed by atoms with van der Waals surface area (Å²) in [5, 5.41) is 10.4. The molecule has 1 aromatic heterocycles. The van der Waals surface area contributed by atoms with Gasteiger partial charge in [0.2, 0.25) is 0 Å². The van der Waals surface area contributed by atoms with Crippen LogP contribution in [0.15, 0.2) is 11.4 Å². The number of thiophene rings is 1. The molecule has 0 atom stereocenters. The maximum atomic E-state index is 10.2. The minimum absolute atomic E-state index is 0.195. The first-order valence-corrected chi connectivity index (χ1v) is 4.58. The lowest BCUT2D eigenvalue weighted by molar-refractivity contribution is -0.136. The van der Waals surface area contributed by atoms with E-state index >= 15 is 0 Å². The second-order valence-corrected chi connectivity index (χ2v) is 3.51. The molecular weight excluding hydrogens is 174 g/mol. The molecule has 1 rings (SSSR count). The van der Waals surface area contributed by atoms with Crippen LogP contribution in [0.3, 0.4) is 0 Å². The van der Waals surface area contributed by atoms with Crippen LogP contribution >= 0.6 is 11.3 Å². The molecule has 0 aliphatic rings. The predicted octanol–water partition coefficient (Wildman–Crippen LogP) is 1.22. The molecule has 0 saturated heterocycles. The maximum Gasteiger partial charge on any atom is 0.303 e. The van der Waals surface area contributed by atoms with Gasteiger partial charge in [-0.15, -0.1) is 11.3 Å². The van der Waals surface area contributed by atoms with E-state index in [2.05, 4.69) is 0 Å². The molecule has 1 heterocycles. The zero-order valence-electron chi connectivity index (χ0n) is 6.62. The number of carbonyl (C=O) groups is 1. The highest BCUT2D eigenvalue weighted by Gasteiger charge is 2.01. The van der Waals surface area contributed by atoms with Gasteiger partial charge in [-0.25, -0.2) is 0 Å². The van der Waals surface area contributed by atoms with E-state index in [9.17, 15) is 4.79 Å². The Morgan fingerprint density at radius 3 is 2.92 bits per heavy atom. The van der Waals surface area contributed by atoms with Gasteiger partial charge in [-0.3, -0.25) is 4.79 Å². The number of carboxylic acid groups (broad SMARTS) is 1. The number of hydrogen-bond acceptors (Lipinski definition) is 3. The molecular formula is C8H11NO2S. The zero-order valence-corrected chi connectivity index (χ0v) is 7.43. The van der Waals surface area contributed by atoms with Gasteiger partial charge in [0.05, 0.1) is 0 Å². The second-order valence-electron chi connectivity index (χ2n) is 2.52. The molecule has 0 aliphatic carbocycles. The Morgan fingerprint density at radius 1 is 1.67 bits per heavy atom. The minimum Gasteiger partial charge on any atom is -0.481 e. The molecule has 0 saturated carbocycles. The standard InChI is InChI=1S/C8H11NO2S/c9-4-7-3-6(5-12-7)1-2-8(10)11/h3,5H,1-2,4,9H2,(H,10,11). The lowest BCUT2D eigenvalue weighted by Crippen LogP contribution is -1.96. The SMILES string of the molecule is NCc1cc(CCC(=O)O)cs1. The smallest absolute Gasteiger partial charge is 0.303 e. The van der Waals surface area contributed by atoms with Gasteiger partial charge in [-0.05, 0) is 23.4 Å². The molecule has 0 aliphatic heterocycles. The van der Waals surface area contributed by atoms with Crippen LogP contribution in [-0.2, 0) is 17.8 Å². The van der Waals surface area contributed by atoms with Gasteiger partial charge in [-0.2, -0.15) is 0 Å². The Kier molecular flexibility index (Phi) is 3.25. The summed E-state index contributed by atoms with van der Waals surface area (Å²) in [6, 6.07) is 1.97. The Labute approximate surface area is 74.8 Å². The van der Waals surface area contributed by atoms with Crippen LogP contribution in [0.4, 0.5) is 0 Å². The Hall–Kier alpha value is -0.870. The minimum atomic E-state index is -0.754. The predicted molar refractivity (Wildman–Crippen MR) is 48.2 cm³/mol. The van der Waals surface area contributed by atoms with E-state index in [1.807, 2.05) is 11.4 Å². The van der Waals surface area contributed by atoms with Crippen LogP contribution < -0.4 is 5.73 Å². The van der Waals surface area contributed by atoms with E-state index in [-0.39, 0.29) is 6.42 Å². The molecule has 4 heteroatoms. The monoisotopic (exact) mass is 185 g/mol. The third-order valence-corrected chi connectivity index (χ3v) is 2.54. The molecule has 0 aromatic carbocycles. The highest BCUT2D eigenvalue weighted by atomic mass is 32.1. The Balaban J connectivity index is 2.47. The Bertz CT molecular complexity index is 270. The first-order valence-electron chi connectivity index (χ1n) is 3.70. The molecule has 0 bridgehead atoms. The summed E-state index contributed by atoms with van der Waals surface area (Å²) in [7, 11) is 0. The summed E-state index contributed by atoms with van der Waals surface area (Å²) in [5.74, 6) is -0.754. The summed E-state index contributed by atoms with van der Waals surface area (Å²) in [6.07, 6.45) is 0.798. The van der Waals surface area contributed by atoms with Gasteiger partial charge in [0.15, 0.2) is 0 Å². The summed E-state index contributed by atoms with van der Waals surface area (Å²) in [4.78, 5) is 11.3. The number of aryl methyl sites for hydroxylation is 1. The van der Waals surface area contributed by atoms with Crippen molar-refractivity contribution in [2.45, 2.75) is 19.4 Å². The Morgan fingerprint density at radius 2 is 2.42 bits per heavy atom. The van der Waals surface area contributed by atoms with Crippen molar-refractivity contribution in [2.24, 2.45) is 5.73 Å². The van der Waals surface area contributed by atoms with Crippen molar-refractivity contribution >= 4 is 17.3 Å². The quantitative estimate of drug-likeness (QED) is 0.741. The van der Waals surface area contributed by atoms with Gasteiger partial charge in [0, 0.05) is 17.8 Å². The third kappa shape index (κ3) is 2.64. The van der Waals surface area contributed by atoms with Crippen LogP contribution in [0, 0.1) is 0 Å². The zero-order chi connectivity index (χ0) is 8.97. The molecule has 0 unspecified atom stereocenters. The number of nitrogens with two attached hydrogens (primary N) is 1. The summed E-state index contributed by atoms with van der Waals surface area (Å²) in [6.45, 7) is 0.539. The van der Waals surface area contributed by atoms with Crippen LogP contribution in [0.5, 0.6) is 0 Å². The second kappa shape index (κ2) is 4.23. The van der Waals surface area contributed by atoms with Gasteiger partial charge >= 0.3 is 5.97 Å². The fourth-order valence-electron chi connectivity index (χ4n) is 0.916. The van der Waals surface area contributed by atoms with E-state index < -0.39 is 5.97 Å². The fraction of sp³-hybridized carbons (Fsp3) is 0.375. The summed E-state index contributed by atoms with van der Waals surface area (Å²) >= 11 is 1.58. The molecule has 66 valence electrons. The topological polar surface area (TPSA) is 63.3 Å². The summed E-state index contributed by atoms with van der Waals surface area (Å²) < 4.78 is 0. The van der Waals surface area contributed by atoms with Gasteiger partial charge < -0.3 is 10.8 Å². The molecule has 12 heavy (non-hydrogen) atoms. The van der Waals surface area contributed by atoms with E-state index in [1.54, 1.807) is 11.3 Å². The third-order valence-electron chi connectivity index (χ3n) is 1.54. The lowest BCUT2D eigenvalue weighted by atomic mass is 10.2. The average Bonchev–Trinajstić information content (AvgIpc) is 2.48. The first-order chi connectivity index (χ1) is 5.72. The van der Waals surface area contributed by atoms with Gasteiger partial charge in [0.1, 0.15) is 0 Å². The van der Waals surface area contributed by atoms with Crippen LogP contribution in [0.25, 0.3) is 0 Å². The van der Waals surface area contributed by atoms with Crippen molar-refractivity contribution in [3.05, 3.63) is 21.9 Å². The molecule has 0 amide bonds. The van der Waals surface area contributed by atoms with Gasteiger partial charge in [-0.1, -0.05) is 0 Å². The summed E-state index contributed by atoms with van der Waals surface area (Å²) in [5.41, 5.74) is 6.49. The average molecular weight is 185 g/mol. The molecule has 0 spiro atoms. The fourth-order valence-corrected chi connectivity index (χ4v) is 1.72. The van der Waals surface area contributed by atoms with Crippen molar-refractivity contribution in [3.8, 4) is 0 Å². The van der Waals surface area contributed by atoms with Crippen molar-refractivity contribution in [2.75, 3.05) is 0 Å². The maximum absolute atomic E-state index is 10.2. The van der Waals surface area contributed by atoms with Crippen LogP contribution in [-0.4, -0.2) is 11.1 Å². The number of hydrogen-bond donors (Lipinski definition) is 2. The molecule has 0 fully saturated rings. The normalized spacial score (nSPS) is 10.1. The highest BCUT2D eigenvalue weighted by Crippen LogP contribution is 2.15. The van der Waals surface area contributed by atoms with Crippen molar-refractivity contribution in [1.29, 1.82) is 0 Å². The number of rotatable bonds is 4. The van der Waals surface area contributed by atoms with E-state index in [1.165, 1.54) is 0 Å². The lowest BCUT2D eigenvalue weighted by Gasteiger charge is -1.90. The van der Waals surface area contributed by atoms with Crippen molar-refractivity contribution in [1.82, 2.24) is 0 Å². The van der Waals surface area contributed by atoms with E-state index in [0.29, 0.717) is 13.0 Å². The largest absolute Gasteiger partial charge is 0.481 e. The van der Waals surface area contributed by atoms with Crippen molar-refractivity contribution < 1.29 is 9.90 Å². The van der Waals surface area contributed by atoms with Gasteiger partial charge in [0.25, 0.3) is 0 Å². The number of aliphatic carboxylic acids is 1. The molecule has 1 aromatic rings. The molecule has 3 N–H and O–H groups in total. The van der Waals surface area contributed by atoms with E-state index in [0.717, 1.165) is 10.4 Å².